The molecule has 0 amide bonds. The summed E-state index contributed by atoms with van der Waals surface area (Å²) in [4.78, 5) is 14.1. The number of esters is 1. The molecule has 3 aromatic rings. The Morgan fingerprint density at radius 1 is 0.966 bits per heavy atom. The molecule has 29 heavy (non-hydrogen) atoms. The van der Waals surface area contributed by atoms with Gasteiger partial charge in [-0.2, -0.15) is 0 Å². The SMILES string of the molecule is CCOC(=O)CN(Cc1cccc(-c2cccc(C(=N)N)c2)c1)c1ccccc1. The number of anilines is 1. The molecule has 0 unspecified atom stereocenters. The second-order valence-corrected chi connectivity index (χ2v) is 6.69. The molecule has 0 heterocycles. The number of carbonyl (C=O) groups is 1. The second-order valence-electron chi connectivity index (χ2n) is 6.69. The van der Waals surface area contributed by atoms with Crippen LogP contribution in [0, 0.1) is 5.41 Å². The van der Waals surface area contributed by atoms with Crippen molar-refractivity contribution in [2.24, 2.45) is 5.73 Å². The number of hydrogen-bond donors (Lipinski definition) is 2. The fourth-order valence-corrected chi connectivity index (χ4v) is 3.18. The first-order chi connectivity index (χ1) is 14.1. The van der Waals surface area contributed by atoms with Gasteiger partial charge in [0.1, 0.15) is 12.4 Å². The van der Waals surface area contributed by atoms with Crippen molar-refractivity contribution < 1.29 is 9.53 Å². The Balaban J connectivity index is 1.87. The van der Waals surface area contributed by atoms with Gasteiger partial charge >= 0.3 is 5.97 Å². The van der Waals surface area contributed by atoms with E-state index in [1.165, 1.54) is 0 Å². The van der Waals surface area contributed by atoms with Crippen LogP contribution in [0.5, 0.6) is 0 Å². The minimum Gasteiger partial charge on any atom is -0.465 e. The summed E-state index contributed by atoms with van der Waals surface area (Å²) in [6, 6.07) is 25.6. The summed E-state index contributed by atoms with van der Waals surface area (Å²) in [5.41, 5.74) is 10.4. The highest BCUT2D eigenvalue weighted by atomic mass is 16.5. The van der Waals surface area contributed by atoms with Gasteiger partial charge in [0, 0.05) is 17.8 Å². The third kappa shape index (κ3) is 5.45. The monoisotopic (exact) mass is 387 g/mol. The van der Waals surface area contributed by atoms with E-state index < -0.39 is 0 Å². The highest BCUT2D eigenvalue weighted by Crippen LogP contribution is 2.24. The van der Waals surface area contributed by atoms with Crippen molar-refractivity contribution in [1.82, 2.24) is 0 Å². The third-order valence-electron chi connectivity index (χ3n) is 4.55. The van der Waals surface area contributed by atoms with Crippen LogP contribution in [0.4, 0.5) is 5.69 Å². The van der Waals surface area contributed by atoms with Gasteiger partial charge < -0.3 is 15.4 Å². The number of nitrogen functional groups attached to an aromatic ring is 1. The van der Waals surface area contributed by atoms with Gasteiger partial charge in [0.2, 0.25) is 0 Å². The molecular formula is C24H25N3O2. The zero-order valence-electron chi connectivity index (χ0n) is 16.5. The predicted molar refractivity (Wildman–Crippen MR) is 117 cm³/mol. The lowest BCUT2D eigenvalue weighted by molar-refractivity contribution is -0.141. The molecule has 0 fully saturated rings. The molecule has 3 N–H and O–H groups in total. The van der Waals surface area contributed by atoms with Crippen LogP contribution in [-0.2, 0) is 16.1 Å². The van der Waals surface area contributed by atoms with Crippen molar-refractivity contribution >= 4 is 17.5 Å². The van der Waals surface area contributed by atoms with Crippen LogP contribution in [0.25, 0.3) is 11.1 Å². The molecule has 3 aromatic carbocycles. The fraction of sp³-hybridized carbons (Fsp3) is 0.167. The highest BCUT2D eigenvalue weighted by Gasteiger charge is 2.13. The number of ether oxygens (including phenoxy) is 1. The minimum atomic E-state index is -0.248. The van der Waals surface area contributed by atoms with E-state index in [0.29, 0.717) is 18.7 Å². The van der Waals surface area contributed by atoms with E-state index in [0.717, 1.165) is 22.4 Å². The lowest BCUT2D eigenvalue weighted by Crippen LogP contribution is -2.30. The van der Waals surface area contributed by atoms with Crippen molar-refractivity contribution in [3.05, 3.63) is 90.0 Å². The first-order valence-electron chi connectivity index (χ1n) is 9.56. The molecule has 3 rings (SSSR count). The molecule has 0 radical (unpaired) electrons. The molecule has 0 saturated carbocycles. The average Bonchev–Trinajstić information content (AvgIpc) is 2.74. The Kier molecular flexibility index (Phi) is 6.63. The number of rotatable bonds is 8. The normalized spacial score (nSPS) is 10.4. The van der Waals surface area contributed by atoms with E-state index in [4.69, 9.17) is 15.9 Å². The summed E-state index contributed by atoms with van der Waals surface area (Å²) < 4.78 is 5.15. The van der Waals surface area contributed by atoms with Gasteiger partial charge in [-0.25, -0.2) is 0 Å². The van der Waals surface area contributed by atoms with Crippen LogP contribution >= 0.6 is 0 Å². The summed E-state index contributed by atoms with van der Waals surface area (Å²) in [5, 5.41) is 7.65. The Bertz CT molecular complexity index is 986. The summed E-state index contributed by atoms with van der Waals surface area (Å²) in [7, 11) is 0. The Morgan fingerprint density at radius 2 is 1.66 bits per heavy atom. The van der Waals surface area contributed by atoms with Gasteiger partial charge in [-0.1, -0.05) is 54.6 Å². The summed E-state index contributed by atoms with van der Waals surface area (Å²) in [6.07, 6.45) is 0. The zero-order valence-corrected chi connectivity index (χ0v) is 16.5. The molecule has 0 aliphatic heterocycles. The summed E-state index contributed by atoms with van der Waals surface area (Å²) >= 11 is 0. The minimum absolute atomic E-state index is 0.0488. The molecule has 148 valence electrons. The summed E-state index contributed by atoms with van der Waals surface area (Å²) in [5.74, 6) is -0.200. The first kappa shape index (κ1) is 20.1. The van der Waals surface area contributed by atoms with Crippen molar-refractivity contribution in [1.29, 1.82) is 5.41 Å². The van der Waals surface area contributed by atoms with Crippen molar-refractivity contribution in [2.75, 3.05) is 18.1 Å². The van der Waals surface area contributed by atoms with E-state index in [2.05, 4.69) is 6.07 Å². The molecule has 0 aliphatic rings. The Morgan fingerprint density at radius 3 is 2.34 bits per heavy atom. The lowest BCUT2D eigenvalue weighted by Gasteiger charge is -2.24. The van der Waals surface area contributed by atoms with Gasteiger partial charge in [-0.3, -0.25) is 10.2 Å². The largest absolute Gasteiger partial charge is 0.465 e. The number of nitrogens with one attached hydrogen (secondary N) is 1. The fourth-order valence-electron chi connectivity index (χ4n) is 3.18. The van der Waals surface area contributed by atoms with Crippen LogP contribution in [-0.4, -0.2) is 25.0 Å². The van der Waals surface area contributed by atoms with Crippen LogP contribution in [0.15, 0.2) is 78.9 Å². The van der Waals surface area contributed by atoms with Gasteiger partial charge in [0.05, 0.1) is 6.61 Å². The quantitative estimate of drug-likeness (QED) is 0.345. The Hall–Kier alpha value is -3.60. The highest BCUT2D eigenvalue weighted by molar-refractivity contribution is 5.96. The lowest BCUT2D eigenvalue weighted by atomic mass is 10.0. The average molecular weight is 387 g/mol. The maximum absolute atomic E-state index is 12.1. The maximum atomic E-state index is 12.1. The number of nitrogens with zero attached hydrogens (tertiary/aromatic N) is 1. The number of carbonyl (C=O) groups excluding carboxylic acids is 1. The van der Waals surface area contributed by atoms with Crippen molar-refractivity contribution in [3.8, 4) is 11.1 Å². The second kappa shape index (κ2) is 9.55. The van der Waals surface area contributed by atoms with E-state index in [9.17, 15) is 4.79 Å². The number of para-hydroxylation sites is 1. The van der Waals surface area contributed by atoms with Crippen LogP contribution in [0.2, 0.25) is 0 Å². The van der Waals surface area contributed by atoms with Crippen molar-refractivity contribution in [2.45, 2.75) is 13.5 Å². The van der Waals surface area contributed by atoms with E-state index >= 15 is 0 Å². The molecule has 0 aromatic heterocycles. The predicted octanol–water partition coefficient (Wildman–Crippen LogP) is 4.21. The van der Waals surface area contributed by atoms with Gasteiger partial charge in [0.15, 0.2) is 0 Å². The van der Waals surface area contributed by atoms with Gasteiger partial charge in [-0.15, -0.1) is 0 Å². The third-order valence-corrected chi connectivity index (χ3v) is 4.55. The molecule has 5 nitrogen and oxygen atoms in total. The standard InChI is InChI=1S/C24H25N3O2/c1-2-29-23(28)17-27(22-12-4-3-5-13-22)16-18-8-6-9-19(14-18)20-10-7-11-21(15-20)24(25)26/h3-15H,2,16-17H2,1H3,(H3,25,26). The zero-order chi connectivity index (χ0) is 20.6. The molecular weight excluding hydrogens is 362 g/mol. The Labute approximate surface area is 171 Å². The molecule has 0 spiro atoms. The summed E-state index contributed by atoms with van der Waals surface area (Å²) in [6.45, 7) is 2.93. The number of amidine groups is 1. The van der Waals surface area contributed by atoms with E-state index in [1.807, 2.05) is 84.6 Å². The number of hydrogen-bond acceptors (Lipinski definition) is 4. The molecule has 0 bridgehead atoms. The van der Waals surface area contributed by atoms with E-state index in [1.54, 1.807) is 0 Å². The number of benzene rings is 3. The molecule has 5 heteroatoms. The molecule has 0 aliphatic carbocycles. The smallest absolute Gasteiger partial charge is 0.325 e. The molecule has 0 saturated heterocycles. The number of nitrogens with two attached hydrogens (primary N) is 1. The topological polar surface area (TPSA) is 79.4 Å². The van der Waals surface area contributed by atoms with Gasteiger partial charge in [-0.05, 0) is 47.9 Å². The maximum Gasteiger partial charge on any atom is 0.325 e. The van der Waals surface area contributed by atoms with Crippen LogP contribution < -0.4 is 10.6 Å². The van der Waals surface area contributed by atoms with Crippen LogP contribution in [0.3, 0.4) is 0 Å². The van der Waals surface area contributed by atoms with Crippen molar-refractivity contribution in [3.63, 3.8) is 0 Å². The van der Waals surface area contributed by atoms with E-state index in [-0.39, 0.29) is 18.3 Å². The first-order valence-corrected chi connectivity index (χ1v) is 9.56. The van der Waals surface area contributed by atoms with Gasteiger partial charge in [0.25, 0.3) is 0 Å². The van der Waals surface area contributed by atoms with Crippen LogP contribution in [0.1, 0.15) is 18.1 Å². The molecule has 0 atom stereocenters.